The summed E-state index contributed by atoms with van der Waals surface area (Å²) in [5, 5.41) is 15.5. The summed E-state index contributed by atoms with van der Waals surface area (Å²) in [6.45, 7) is 6.24. The van der Waals surface area contributed by atoms with Crippen LogP contribution in [0.25, 0.3) is 10.9 Å². The highest BCUT2D eigenvalue weighted by Gasteiger charge is 2.30. The molecule has 0 aliphatic heterocycles. The molecule has 21 heavy (non-hydrogen) atoms. The molecule has 0 bridgehead atoms. The van der Waals surface area contributed by atoms with Crippen molar-refractivity contribution in [3.05, 3.63) is 46.1 Å². The fourth-order valence-corrected chi connectivity index (χ4v) is 3.01. The predicted molar refractivity (Wildman–Crippen MR) is 84.5 cm³/mol. The van der Waals surface area contributed by atoms with Crippen LogP contribution < -0.4 is 5.32 Å². The number of pyridine rings is 1. The number of benzene rings is 1. The predicted octanol–water partition coefficient (Wildman–Crippen LogP) is 3.49. The molecule has 2 rings (SSSR count). The van der Waals surface area contributed by atoms with E-state index < -0.39 is 0 Å². The Labute approximate surface area is 124 Å². The summed E-state index contributed by atoms with van der Waals surface area (Å²) >= 11 is 0. The van der Waals surface area contributed by atoms with Gasteiger partial charge in [0.05, 0.1) is 15.8 Å². The van der Waals surface area contributed by atoms with Crippen molar-refractivity contribution in [1.29, 1.82) is 0 Å². The molecule has 0 amide bonds. The molecule has 0 aliphatic rings. The summed E-state index contributed by atoms with van der Waals surface area (Å²) in [5.74, 6) is 0.361. The lowest BCUT2D eigenvalue weighted by atomic mass is 9.81. The Kier molecular flexibility index (Phi) is 4.53. The van der Waals surface area contributed by atoms with E-state index in [0.29, 0.717) is 16.8 Å². The topological polar surface area (TPSA) is 68.1 Å². The van der Waals surface area contributed by atoms with Gasteiger partial charge in [-0.2, -0.15) is 0 Å². The van der Waals surface area contributed by atoms with Gasteiger partial charge in [0.25, 0.3) is 5.69 Å². The van der Waals surface area contributed by atoms with E-state index in [2.05, 4.69) is 31.1 Å². The molecule has 1 N–H and O–H groups in total. The highest BCUT2D eigenvalue weighted by molar-refractivity contribution is 5.89. The highest BCUT2D eigenvalue weighted by atomic mass is 16.6. The van der Waals surface area contributed by atoms with E-state index in [9.17, 15) is 10.1 Å². The SMILES string of the molecule is CNC(C)C(c1ccc2ncccc2c1[N+](=O)[O-])C(C)C. The molecule has 2 atom stereocenters. The largest absolute Gasteiger partial charge is 0.317 e. The Morgan fingerprint density at radius 2 is 1.95 bits per heavy atom. The fraction of sp³-hybridized carbons (Fsp3) is 0.438. The van der Waals surface area contributed by atoms with Crippen LogP contribution in [0.4, 0.5) is 5.69 Å². The van der Waals surface area contributed by atoms with Gasteiger partial charge in [-0.15, -0.1) is 0 Å². The summed E-state index contributed by atoms with van der Waals surface area (Å²) < 4.78 is 0. The van der Waals surface area contributed by atoms with E-state index in [1.807, 2.05) is 19.2 Å². The number of nitro benzene ring substituents is 1. The smallest absolute Gasteiger partial charge is 0.282 e. The van der Waals surface area contributed by atoms with Gasteiger partial charge in [-0.1, -0.05) is 13.8 Å². The van der Waals surface area contributed by atoms with Crippen LogP contribution in [-0.2, 0) is 0 Å². The van der Waals surface area contributed by atoms with Crippen LogP contribution in [0.5, 0.6) is 0 Å². The number of aromatic nitrogens is 1. The van der Waals surface area contributed by atoms with Gasteiger partial charge in [0.2, 0.25) is 0 Å². The Morgan fingerprint density at radius 3 is 2.52 bits per heavy atom. The lowest BCUT2D eigenvalue weighted by Crippen LogP contribution is -2.32. The third-order valence-corrected chi connectivity index (χ3v) is 4.04. The normalized spacial score (nSPS) is 14.3. The molecular formula is C16H21N3O2. The lowest BCUT2D eigenvalue weighted by Gasteiger charge is -2.27. The average molecular weight is 287 g/mol. The Morgan fingerprint density at radius 1 is 1.24 bits per heavy atom. The van der Waals surface area contributed by atoms with Gasteiger partial charge in [0.1, 0.15) is 0 Å². The maximum absolute atomic E-state index is 11.6. The van der Waals surface area contributed by atoms with Crippen molar-refractivity contribution in [2.24, 2.45) is 5.92 Å². The van der Waals surface area contributed by atoms with E-state index in [1.165, 1.54) is 0 Å². The van der Waals surface area contributed by atoms with E-state index in [0.717, 1.165) is 5.56 Å². The molecule has 5 heteroatoms. The first-order valence-corrected chi connectivity index (χ1v) is 7.16. The number of nitro groups is 1. The fourth-order valence-electron chi connectivity index (χ4n) is 3.01. The monoisotopic (exact) mass is 287 g/mol. The molecule has 0 radical (unpaired) electrons. The van der Waals surface area contributed by atoms with Crippen LogP contribution in [0, 0.1) is 16.0 Å². The maximum Gasteiger partial charge on any atom is 0.282 e. The van der Waals surface area contributed by atoms with Crippen LogP contribution in [-0.4, -0.2) is 23.0 Å². The summed E-state index contributed by atoms with van der Waals surface area (Å²) in [4.78, 5) is 15.6. The van der Waals surface area contributed by atoms with Crippen molar-refractivity contribution in [1.82, 2.24) is 10.3 Å². The van der Waals surface area contributed by atoms with Gasteiger partial charge in [0, 0.05) is 23.7 Å². The molecule has 1 aromatic heterocycles. The molecule has 5 nitrogen and oxygen atoms in total. The van der Waals surface area contributed by atoms with Crippen LogP contribution in [0.1, 0.15) is 32.3 Å². The molecule has 0 aliphatic carbocycles. The molecule has 2 aromatic rings. The Hall–Kier alpha value is -2.01. The minimum absolute atomic E-state index is 0.0695. The first-order chi connectivity index (χ1) is 9.97. The quantitative estimate of drug-likeness (QED) is 0.675. The highest BCUT2D eigenvalue weighted by Crippen LogP contribution is 2.38. The van der Waals surface area contributed by atoms with Crippen LogP contribution in [0.15, 0.2) is 30.5 Å². The number of hydrogen-bond acceptors (Lipinski definition) is 4. The van der Waals surface area contributed by atoms with E-state index in [1.54, 1.807) is 18.3 Å². The molecule has 0 fully saturated rings. The summed E-state index contributed by atoms with van der Waals surface area (Å²) in [5.41, 5.74) is 1.62. The van der Waals surface area contributed by atoms with Gasteiger partial charge in [-0.3, -0.25) is 15.1 Å². The Bertz CT molecular complexity index is 655. The number of hydrogen-bond donors (Lipinski definition) is 1. The average Bonchev–Trinajstić information content (AvgIpc) is 2.46. The lowest BCUT2D eigenvalue weighted by molar-refractivity contribution is -0.384. The molecule has 112 valence electrons. The maximum atomic E-state index is 11.6. The van der Waals surface area contributed by atoms with Crippen molar-refractivity contribution in [3.63, 3.8) is 0 Å². The van der Waals surface area contributed by atoms with Crippen LogP contribution >= 0.6 is 0 Å². The van der Waals surface area contributed by atoms with Crippen molar-refractivity contribution in [2.45, 2.75) is 32.7 Å². The summed E-state index contributed by atoms with van der Waals surface area (Å²) in [6, 6.07) is 7.38. The molecule has 0 saturated heterocycles. The number of fused-ring (bicyclic) bond motifs is 1. The first kappa shape index (κ1) is 15.4. The van der Waals surface area contributed by atoms with E-state index >= 15 is 0 Å². The first-order valence-electron chi connectivity index (χ1n) is 7.16. The molecular weight excluding hydrogens is 266 g/mol. The Balaban J connectivity index is 2.72. The van der Waals surface area contributed by atoms with E-state index in [-0.39, 0.29) is 22.6 Å². The number of rotatable bonds is 5. The number of likely N-dealkylation sites (N-methyl/N-ethyl adjacent to an activating group) is 1. The molecule has 1 aromatic carbocycles. The second-order valence-corrected chi connectivity index (χ2v) is 5.68. The van der Waals surface area contributed by atoms with Crippen molar-refractivity contribution in [3.8, 4) is 0 Å². The third-order valence-electron chi connectivity index (χ3n) is 4.04. The van der Waals surface area contributed by atoms with Gasteiger partial charge < -0.3 is 5.32 Å². The van der Waals surface area contributed by atoms with Gasteiger partial charge in [-0.05, 0) is 44.2 Å². The van der Waals surface area contributed by atoms with Crippen LogP contribution in [0.2, 0.25) is 0 Å². The molecule has 2 unspecified atom stereocenters. The minimum Gasteiger partial charge on any atom is -0.317 e. The van der Waals surface area contributed by atoms with Gasteiger partial charge in [0.15, 0.2) is 0 Å². The van der Waals surface area contributed by atoms with Gasteiger partial charge >= 0.3 is 0 Å². The van der Waals surface area contributed by atoms with Crippen molar-refractivity contribution in [2.75, 3.05) is 7.05 Å². The number of nitrogens with zero attached hydrogens (tertiary/aromatic N) is 2. The third kappa shape index (κ3) is 2.88. The van der Waals surface area contributed by atoms with Crippen molar-refractivity contribution < 1.29 is 4.92 Å². The zero-order valence-corrected chi connectivity index (χ0v) is 12.8. The van der Waals surface area contributed by atoms with Crippen molar-refractivity contribution >= 4 is 16.6 Å². The minimum atomic E-state index is -0.281. The number of nitrogens with one attached hydrogen (secondary N) is 1. The van der Waals surface area contributed by atoms with Gasteiger partial charge in [-0.25, -0.2) is 0 Å². The second-order valence-electron chi connectivity index (χ2n) is 5.68. The second kappa shape index (κ2) is 6.18. The summed E-state index contributed by atoms with van der Waals surface area (Å²) in [6.07, 6.45) is 1.65. The van der Waals surface area contributed by atoms with Crippen LogP contribution in [0.3, 0.4) is 0 Å². The standard InChI is InChI=1S/C16H21N3O2/c1-10(2)15(11(3)17-4)13-7-8-14-12(6-5-9-18-14)16(13)19(20)21/h5-11,15,17H,1-4H3. The summed E-state index contributed by atoms with van der Waals surface area (Å²) in [7, 11) is 1.88. The zero-order valence-electron chi connectivity index (χ0n) is 12.8. The zero-order chi connectivity index (χ0) is 15.6. The van der Waals surface area contributed by atoms with E-state index in [4.69, 9.17) is 0 Å². The molecule has 0 saturated carbocycles. The molecule has 0 spiro atoms. The molecule has 1 heterocycles.